The lowest BCUT2D eigenvalue weighted by Crippen LogP contribution is -2.60. The maximum Gasteiger partial charge on any atom is 0.0568 e. The fraction of sp³-hybridized carbons (Fsp3) is 1.00. The lowest BCUT2D eigenvalue weighted by atomic mass is 9.38. The van der Waals surface area contributed by atoms with Gasteiger partial charge in [0.25, 0.3) is 0 Å². The topological polar surface area (TPSA) is 40.5 Å². The molecule has 0 amide bonds. The van der Waals surface area contributed by atoms with Crippen LogP contribution in [0, 0.1) is 22.2 Å². The van der Waals surface area contributed by atoms with Crippen molar-refractivity contribution in [1.29, 1.82) is 0 Å². The van der Waals surface area contributed by atoms with Crippen molar-refractivity contribution in [3.63, 3.8) is 0 Å². The summed E-state index contributed by atoms with van der Waals surface area (Å²) in [5, 5.41) is 20.1. The van der Waals surface area contributed by atoms with Crippen LogP contribution in [0.15, 0.2) is 0 Å². The Hall–Kier alpha value is -0.0800. The van der Waals surface area contributed by atoms with Crippen LogP contribution in [0.5, 0.6) is 0 Å². The molecule has 0 radical (unpaired) electrons. The summed E-state index contributed by atoms with van der Waals surface area (Å²) in [6, 6.07) is 0. The normalized spacial score (nSPS) is 54.0. The van der Waals surface area contributed by atoms with Gasteiger partial charge in [-0.15, -0.1) is 0 Å². The first kappa shape index (κ1) is 12.0. The molecule has 2 nitrogen and oxygen atoms in total. The molecular formula is C15H26O2. The van der Waals surface area contributed by atoms with Crippen LogP contribution < -0.4 is 0 Å². The van der Waals surface area contributed by atoms with E-state index in [4.69, 9.17) is 0 Å². The minimum atomic E-state index is -0.206. The van der Waals surface area contributed by atoms with Gasteiger partial charge in [0.2, 0.25) is 0 Å². The zero-order valence-electron chi connectivity index (χ0n) is 11.2. The van der Waals surface area contributed by atoms with E-state index in [1.54, 1.807) is 0 Å². The third kappa shape index (κ3) is 1.53. The number of aliphatic hydroxyl groups excluding tert-OH is 2. The summed E-state index contributed by atoms with van der Waals surface area (Å²) in [5.74, 6) is 0.757. The Morgan fingerprint density at radius 3 is 2.35 bits per heavy atom. The van der Waals surface area contributed by atoms with E-state index in [1.165, 1.54) is 38.5 Å². The fourth-order valence-corrected chi connectivity index (χ4v) is 5.96. The van der Waals surface area contributed by atoms with E-state index >= 15 is 0 Å². The molecule has 5 atom stereocenters. The van der Waals surface area contributed by atoms with Gasteiger partial charge >= 0.3 is 0 Å². The van der Waals surface area contributed by atoms with E-state index in [-0.39, 0.29) is 16.9 Å². The van der Waals surface area contributed by atoms with Crippen molar-refractivity contribution in [2.75, 3.05) is 6.61 Å². The van der Waals surface area contributed by atoms with Crippen LogP contribution in [0.1, 0.15) is 58.8 Å². The maximum atomic E-state index is 10.3. The summed E-state index contributed by atoms with van der Waals surface area (Å²) in [7, 11) is 0. The smallest absolute Gasteiger partial charge is 0.0568 e. The Bertz CT molecular complexity index is 303. The summed E-state index contributed by atoms with van der Waals surface area (Å²) < 4.78 is 0. The fourth-order valence-electron chi connectivity index (χ4n) is 5.96. The monoisotopic (exact) mass is 238 g/mol. The molecule has 4 bridgehead atoms. The van der Waals surface area contributed by atoms with Crippen LogP contribution in [0.2, 0.25) is 0 Å². The molecule has 4 saturated carbocycles. The maximum absolute atomic E-state index is 10.3. The van der Waals surface area contributed by atoms with Gasteiger partial charge in [0, 0.05) is 6.61 Å². The minimum absolute atomic E-state index is 0.123. The average molecular weight is 238 g/mol. The molecule has 5 unspecified atom stereocenters. The highest BCUT2D eigenvalue weighted by atomic mass is 16.3. The standard InChI is InChI=1S/C15H26O2/c1-3-13-4-12-5-14(7-13,10-16)9-15(6-12,8-13)11(2)17/h11-12,16-17H,3-10H2,1-2H3. The first-order valence-electron chi connectivity index (χ1n) is 7.26. The molecule has 17 heavy (non-hydrogen) atoms. The average Bonchev–Trinajstić information content (AvgIpc) is 2.27. The van der Waals surface area contributed by atoms with Crippen molar-refractivity contribution in [2.24, 2.45) is 22.2 Å². The van der Waals surface area contributed by atoms with E-state index in [0.717, 1.165) is 12.3 Å². The summed E-state index contributed by atoms with van der Waals surface area (Å²) in [6.07, 6.45) is 8.24. The van der Waals surface area contributed by atoms with Gasteiger partial charge in [0.05, 0.1) is 6.10 Å². The molecule has 0 saturated heterocycles. The Morgan fingerprint density at radius 2 is 1.76 bits per heavy atom. The predicted molar refractivity (Wildman–Crippen MR) is 67.5 cm³/mol. The van der Waals surface area contributed by atoms with Gasteiger partial charge in [-0.05, 0) is 67.6 Å². The van der Waals surface area contributed by atoms with Crippen LogP contribution in [0.25, 0.3) is 0 Å². The molecule has 0 aromatic carbocycles. The Kier molecular flexibility index (Phi) is 2.45. The summed E-state index contributed by atoms with van der Waals surface area (Å²) in [4.78, 5) is 0. The lowest BCUT2D eigenvalue weighted by Gasteiger charge is -2.67. The lowest BCUT2D eigenvalue weighted by molar-refractivity contribution is -0.203. The molecule has 4 rings (SSSR count). The molecule has 4 fully saturated rings. The second kappa shape index (κ2) is 3.48. The van der Waals surface area contributed by atoms with Crippen LogP contribution in [-0.2, 0) is 0 Å². The molecule has 0 aromatic rings. The van der Waals surface area contributed by atoms with Gasteiger partial charge in [-0.25, -0.2) is 0 Å². The highest BCUT2D eigenvalue weighted by molar-refractivity contribution is 5.13. The van der Waals surface area contributed by atoms with Crippen LogP contribution in [0.3, 0.4) is 0 Å². The molecule has 0 aromatic heterocycles. The van der Waals surface area contributed by atoms with Crippen LogP contribution >= 0.6 is 0 Å². The summed E-state index contributed by atoms with van der Waals surface area (Å²) >= 11 is 0. The molecule has 4 aliphatic rings. The zero-order valence-corrected chi connectivity index (χ0v) is 11.2. The second-order valence-electron chi connectivity index (χ2n) is 7.56. The number of hydrogen-bond acceptors (Lipinski definition) is 2. The van der Waals surface area contributed by atoms with Crippen molar-refractivity contribution in [3.8, 4) is 0 Å². The second-order valence-corrected chi connectivity index (χ2v) is 7.56. The molecule has 0 aliphatic heterocycles. The molecule has 2 N–H and O–H groups in total. The summed E-state index contributed by atoms with van der Waals surface area (Å²) in [6.45, 7) is 4.61. The van der Waals surface area contributed by atoms with Gasteiger partial charge in [-0.2, -0.15) is 0 Å². The van der Waals surface area contributed by atoms with E-state index in [1.807, 2.05) is 6.92 Å². The first-order valence-corrected chi connectivity index (χ1v) is 7.26. The number of aliphatic hydroxyl groups is 2. The molecule has 2 heteroatoms. The number of rotatable bonds is 3. The van der Waals surface area contributed by atoms with Crippen molar-refractivity contribution in [2.45, 2.75) is 64.9 Å². The van der Waals surface area contributed by atoms with Crippen molar-refractivity contribution >= 4 is 0 Å². The highest BCUT2D eigenvalue weighted by Crippen LogP contribution is 2.71. The van der Waals surface area contributed by atoms with Gasteiger partial charge < -0.3 is 10.2 Å². The third-order valence-corrected chi connectivity index (χ3v) is 6.31. The quantitative estimate of drug-likeness (QED) is 0.793. The van der Waals surface area contributed by atoms with E-state index < -0.39 is 0 Å². The molecule has 0 spiro atoms. The Morgan fingerprint density at radius 1 is 1.12 bits per heavy atom. The largest absolute Gasteiger partial charge is 0.396 e. The van der Waals surface area contributed by atoms with Crippen molar-refractivity contribution < 1.29 is 10.2 Å². The molecule has 4 aliphatic carbocycles. The first-order chi connectivity index (χ1) is 7.97. The minimum Gasteiger partial charge on any atom is -0.396 e. The van der Waals surface area contributed by atoms with Crippen molar-refractivity contribution in [3.05, 3.63) is 0 Å². The Balaban J connectivity index is 2.01. The van der Waals surface area contributed by atoms with Gasteiger partial charge in [0.15, 0.2) is 0 Å². The van der Waals surface area contributed by atoms with Crippen LogP contribution in [0.4, 0.5) is 0 Å². The SMILES string of the molecule is CCC12CC3CC(CO)(C1)CC(C(C)O)(C3)C2. The van der Waals surface area contributed by atoms with Gasteiger partial charge in [0.1, 0.15) is 0 Å². The van der Waals surface area contributed by atoms with E-state index in [2.05, 4.69) is 6.92 Å². The van der Waals surface area contributed by atoms with E-state index in [0.29, 0.717) is 12.0 Å². The van der Waals surface area contributed by atoms with Crippen molar-refractivity contribution in [1.82, 2.24) is 0 Å². The van der Waals surface area contributed by atoms with Gasteiger partial charge in [-0.1, -0.05) is 13.3 Å². The third-order valence-electron chi connectivity index (χ3n) is 6.31. The number of hydrogen-bond donors (Lipinski definition) is 2. The van der Waals surface area contributed by atoms with Gasteiger partial charge in [-0.3, -0.25) is 0 Å². The zero-order chi connectivity index (χ0) is 12.3. The molecule has 98 valence electrons. The summed E-state index contributed by atoms with van der Waals surface area (Å²) in [5.41, 5.74) is 0.698. The Labute approximate surface area is 104 Å². The highest BCUT2D eigenvalue weighted by Gasteiger charge is 2.63. The van der Waals surface area contributed by atoms with E-state index in [9.17, 15) is 10.2 Å². The molecule has 0 heterocycles. The predicted octanol–water partition coefficient (Wildman–Crippen LogP) is 2.73. The van der Waals surface area contributed by atoms with Crippen LogP contribution in [-0.4, -0.2) is 22.9 Å². The molecular weight excluding hydrogens is 212 g/mol.